The predicted molar refractivity (Wildman–Crippen MR) is 165 cm³/mol. The number of furan rings is 1. The van der Waals surface area contributed by atoms with E-state index in [9.17, 15) is 0 Å². The van der Waals surface area contributed by atoms with Gasteiger partial charge in [-0.05, 0) is 73.1 Å². The molecule has 0 radical (unpaired) electrons. The molecule has 182 valence electrons. The van der Waals surface area contributed by atoms with Gasteiger partial charge in [0.2, 0.25) is 0 Å². The Morgan fingerprint density at radius 3 is 1.51 bits per heavy atom. The lowest BCUT2D eigenvalue weighted by Gasteiger charge is -2.18. The van der Waals surface area contributed by atoms with E-state index in [4.69, 9.17) is 23.6 Å². The van der Waals surface area contributed by atoms with Crippen molar-refractivity contribution in [3.05, 3.63) is 145 Å². The molecule has 1 heterocycles. The van der Waals surface area contributed by atoms with Crippen molar-refractivity contribution in [2.45, 2.75) is 0 Å². The topological polar surface area (TPSA) is 13.1 Å². The smallest absolute Gasteiger partial charge is 0.135 e. The summed E-state index contributed by atoms with van der Waals surface area (Å²) in [4.78, 5) is 0. The lowest BCUT2D eigenvalue weighted by atomic mass is 9.86. The van der Waals surface area contributed by atoms with Crippen LogP contribution in [0.3, 0.4) is 0 Å². The largest absolute Gasteiger partial charge is 0.456 e. The van der Waals surface area contributed by atoms with E-state index in [0.29, 0.717) is 49.4 Å². The fourth-order valence-corrected chi connectivity index (χ4v) is 5.21. The van der Waals surface area contributed by atoms with Crippen molar-refractivity contribution in [1.29, 1.82) is 0 Å². The molecule has 0 N–H and O–H groups in total. The van der Waals surface area contributed by atoms with Crippen molar-refractivity contribution in [3.8, 4) is 33.4 Å². The number of hydrogen-bond donors (Lipinski definition) is 0. The molecule has 0 spiro atoms. The zero-order valence-electron chi connectivity index (χ0n) is 34.2. The Hall–Kier alpha value is -5.14. The maximum atomic E-state index is 9.14. The first-order valence-corrected chi connectivity index (χ1v) is 12.2. The molecule has 0 saturated heterocycles. The predicted octanol–water partition coefficient (Wildman–Crippen LogP) is 10.9. The second-order valence-electron chi connectivity index (χ2n) is 9.05. The lowest BCUT2D eigenvalue weighted by molar-refractivity contribution is 0.669. The summed E-state index contributed by atoms with van der Waals surface area (Å²) in [6, 6.07) is 11.9. The summed E-state index contributed by atoms with van der Waals surface area (Å²) in [7, 11) is 0. The Labute approximate surface area is 246 Å². The third kappa shape index (κ3) is 3.48. The van der Waals surface area contributed by atoms with Crippen LogP contribution in [0.5, 0.6) is 0 Å². The van der Waals surface area contributed by atoms with Crippen molar-refractivity contribution < 1.29 is 23.6 Å². The van der Waals surface area contributed by atoms with E-state index < -0.39 is 24.2 Å². The molecule has 7 aromatic carbocycles. The summed E-state index contributed by atoms with van der Waals surface area (Å²) in [5.74, 6) is 0. The van der Waals surface area contributed by atoms with Crippen LogP contribution in [0.1, 0.15) is 19.2 Å². The van der Waals surface area contributed by atoms with Gasteiger partial charge in [0, 0.05) is 10.8 Å². The molecule has 0 amide bonds. The molecule has 1 aromatic heterocycles. The number of benzene rings is 7. The molecule has 1 nitrogen and oxygen atoms in total. The fraction of sp³-hybridized carbons (Fsp3) is 0. The highest BCUT2D eigenvalue weighted by molar-refractivity contribution is 6.21. The van der Waals surface area contributed by atoms with Gasteiger partial charge in [-0.1, -0.05) is 127 Å². The molecule has 0 saturated carbocycles. The third-order valence-electron chi connectivity index (χ3n) is 6.93. The van der Waals surface area contributed by atoms with Crippen molar-refractivity contribution in [3.63, 3.8) is 0 Å². The van der Waals surface area contributed by atoms with E-state index >= 15 is 0 Å². The summed E-state index contributed by atoms with van der Waals surface area (Å²) in [6.07, 6.45) is 0. The Bertz CT molecular complexity index is 2840. The molecule has 1 heteroatoms. The Morgan fingerprint density at radius 1 is 0.359 bits per heavy atom. The van der Waals surface area contributed by atoms with Crippen LogP contribution in [0.2, 0.25) is 0 Å². The number of rotatable bonds is 3. The highest BCUT2D eigenvalue weighted by Crippen LogP contribution is 2.44. The molecule has 39 heavy (non-hydrogen) atoms. The molecule has 0 aliphatic rings. The van der Waals surface area contributed by atoms with Crippen LogP contribution in [-0.2, 0) is 0 Å². The minimum Gasteiger partial charge on any atom is -0.456 e. The number of para-hydroxylation sites is 1. The van der Waals surface area contributed by atoms with Gasteiger partial charge >= 0.3 is 0 Å². The summed E-state index contributed by atoms with van der Waals surface area (Å²) < 4.78 is 124. The van der Waals surface area contributed by atoms with E-state index in [1.54, 1.807) is 24.3 Å². The third-order valence-corrected chi connectivity index (χ3v) is 6.93. The number of fused-ring (bicyclic) bond motifs is 5. The first-order valence-electron chi connectivity index (χ1n) is 19.2. The standard InChI is InChI=1S/C38H24O/c1-2-10-26(11-3-1)37-30-13-4-6-15-32(30)38(33-16-7-5-14-31(33)37)27-20-18-25(19-21-27)28-22-23-36-34(24-28)29-12-8-9-17-35(29)39-36/h1-24H/i1D,2D,3D,4D,5D,6D,7D,8D,9D,12D,17D,22D,23D,24D. The van der Waals surface area contributed by atoms with E-state index in [0.717, 1.165) is 0 Å². The molecular weight excluding hydrogens is 472 g/mol. The van der Waals surface area contributed by atoms with Crippen molar-refractivity contribution in [2.75, 3.05) is 0 Å². The van der Waals surface area contributed by atoms with E-state index in [2.05, 4.69) is 0 Å². The summed E-state index contributed by atoms with van der Waals surface area (Å²) in [5, 5.41) is 1.97. The normalized spacial score (nSPS) is 16.6. The van der Waals surface area contributed by atoms with Gasteiger partial charge in [-0.3, -0.25) is 0 Å². The molecular formula is C38H24O. The van der Waals surface area contributed by atoms with Crippen LogP contribution in [0.4, 0.5) is 0 Å². The monoisotopic (exact) mass is 510 g/mol. The van der Waals surface area contributed by atoms with Gasteiger partial charge in [0.05, 0.1) is 19.2 Å². The van der Waals surface area contributed by atoms with Crippen LogP contribution in [0.25, 0.3) is 76.9 Å². The fourth-order valence-electron chi connectivity index (χ4n) is 5.21. The first-order chi connectivity index (χ1) is 25.1. The van der Waals surface area contributed by atoms with Crippen LogP contribution in [0.15, 0.2) is 150 Å². The Balaban J connectivity index is 1.41. The SMILES string of the molecule is [2H]c1cc2c(-c3ccc(-c4c([2H])c([2H])c5oc6c([2H])c([2H])c([2H])c([2H])c6c5c4[2H])cc3)c3cc([2H])c([2H])cc3c(-c3cc([2H])c([2H])c([2H])c3)c2cc1[2H]. The highest BCUT2D eigenvalue weighted by atomic mass is 16.3. The average molecular weight is 511 g/mol. The molecule has 0 aliphatic carbocycles. The second kappa shape index (κ2) is 8.72. The van der Waals surface area contributed by atoms with Crippen LogP contribution >= 0.6 is 0 Å². The van der Waals surface area contributed by atoms with Gasteiger partial charge in [-0.15, -0.1) is 0 Å². The highest BCUT2D eigenvalue weighted by Gasteiger charge is 2.16. The molecule has 0 bridgehead atoms. The lowest BCUT2D eigenvalue weighted by Crippen LogP contribution is -1.90. The molecule has 0 unspecified atom stereocenters. The van der Waals surface area contributed by atoms with Crippen molar-refractivity contribution >= 4 is 43.5 Å². The average Bonchev–Trinajstić information content (AvgIpc) is 3.54. The summed E-state index contributed by atoms with van der Waals surface area (Å²) >= 11 is 0. The quantitative estimate of drug-likeness (QED) is 0.215. The van der Waals surface area contributed by atoms with Crippen molar-refractivity contribution in [1.82, 2.24) is 0 Å². The second-order valence-corrected chi connectivity index (χ2v) is 9.05. The van der Waals surface area contributed by atoms with Crippen molar-refractivity contribution in [2.24, 2.45) is 0 Å². The van der Waals surface area contributed by atoms with E-state index in [1.165, 1.54) is 36.4 Å². The molecule has 0 fully saturated rings. The zero-order valence-corrected chi connectivity index (χ0v) is 20.2. The summed E-state index contributed by atoms with van der Waals surface area (Å²) in [5.41, 5.74) is 2.06. The molecule has 0 atom stereocenters. The number of hydrogen-bond acceptors (Lipinski definition) is 1. The van der Waals surface area contributed by atoms with Crippen LogP contribution < -0.4 is 0 Å². The maximum absolute atomic E-state index is 9.14. The van der Waals surface area contributed by atoms with Gasteiger partial charge in [0.25, 0.3) is 0 Å². The van der Waals surface area contributed by atoms with Crippen LogP contribution in [0, 0.1) is 0 Å². The van der Waals surface area contributed by atoms with Gasteiger partial charge in [-0.25, -0.2) is 0 Å². The molecule has 8 aromatic rings. The van der Waals surface area contributed by atoms with E-state index in [-0.39, 0.29) is 87.9 Å². The summed E-state index contributed by atoms with van der Waals surface area (Å²) in [6.45, 7) is 0. The van der Waals surface area contributed by atoms with Gasteiger partial charge < -0.3 is 4.42 Å². The Morgan fingerprint density at radius 2 is 0.872 bits per heavy atom. The minimum absolute atomic E-state index is 0.00637. The van der Waals surface area contributed by atoms with Crippen LogP contribution in [-0.4, -0.2) is 0 Å². The Kier molecular flexibility index (Phi) is 2.72. The zero-order chi connectivity index (χ0) is 37.9. The van der Waals surface area contributed by atoms with Gasteiger partial charge in [-0.2, -0.15) is 0 Å². The van der Waals surface area contributed by atoms with E-state index in [1.807, 2.05) is 0 Å². The van der Waals surface area contributed by atoms with Gasteiger partial charge in [0.1, 0.15) is 11.2 Å². The minimum atomic E-state index is -0.518. The first kappa shape index (κ1) is 12.1. The molecule has 0 aliphatic heterocycles. The van der Waals surface area contributed by atoms with Gasteiger partial charge in [0.15, 0.2) is 0 Å². The maximum Gasteiger partial charge on any atom is 0.135 e. The molecule has 8 rings (SSSR count).